The second kappa shape index (κ2) is 8.03. The molecule has 17 heavy (non-hydrogen) atoms. The van der Waals surface area contributed by atoms with Gasteiger partial charge in [0, 0.05) is 0 Å². The van der Waals surface area contributed by atoms with Crippen LogP contribution in [0.25, 0.3) is 0 Å². The minimum Gasteiger partial charge on any atom is -0.493 e. The second-order valence-electron chi connectivity index (χ2n) is 3.30. The molecule has 0 unspecified atom stereocenters. The molecule has 0 fully saturated rings. The van der Waals surface area contributed by atoms with E-state index in [1.165, 1.54) is 0 Å². The van der Waals surface area contributed by atoms with E-state index in [-0.39, 0.29) is 12.4 Å². The summed E-state index contributed by atoms with van der Waals surface area (Å²) in [5, 5.41) is 0. The highest BCUT2D eigenvalue weighted by molar-refractivity contribution is 5.85. The van der Waals surface area contributed by atoms with E-state index in [4.69, 9.17) is 19.9 Å². The van der Waals surface area contributed by atoms with Crippen molar-refractivity contribution in [3.63, 3.8) is 0 Å². The number of halogens is 1. The van der Waals surface area contributed by atoms with Gasteiger partial charge < -0.3 is 19.9 Å². The molecule has 1 aromatic rings. The lowest BCUT2D eigenvalue weighted by Gasteiger charge is -2.15. The van der Waals surface area contributed by atoms with E-state index in [1.54, 1.807) is 14.2 Å². The van der Waals surface area contributed by atoms with Crippen LogP contribution in [0.2, 0.25) is 0 Å². The molecule has 0 radical (unpaired) electrons. The Hall–Kier alpha value is -1.13. The van der Waals surface area contributed by atoms with Crippen molar-refractivity contribution in [3.8, 4) is 17.2 Å². The van der Waals surface area contributed by atoms with Gasteiger partial charge in [-0.15, -0.1) is 12.4 Å². The van der Waals surface area contributed by atoms with E-state index >= 15 is 0 Å². The summed E-state index contributed by atoms with van der Waals surface area (Å²) in [4.78, 5) is 0. The van der Waals surface area contributed by atoms with Crippen LogP contribution in [-0.2, 0) is 6.42 Å². The standard InChI is InChI=1S/C12H19NO3.ClH/c1-4-16-12-10(14-2)7-9(5-6-13)8-11(12)15-3;/h7-8H,4-6,13H2,1-3H3;1H. The number of hydrogen-bond acceptors (Lipinski definition) is 4. The van der Waals surface area contributed by atoms with Gasteiger partial charge in [-0.1, -0.05) is 0 Å². The molecule has 0 aliphatic heterocycles. The second-order valence-corrected chi connectivity index (χ2v) is 3.30. The zero-order valence-electron chi connectivity index (χ0n) is 10.5. The summed E-state index contributed by atoms with van der Waals surface area (Å²) in [5.74, 6) is 2.02. The number of methoxy groups -OCH3 is 2. The lowest BCUT2D eigenvalue weighted by atomic mass is 10.1. The Morgan fingerprint density at radius 2 is 1.65 bits per heavy atom. The first-order chi connectivity index (χ1) is 7.76. The number of rotatable bonds is 6. The molecule has 0 saturated heterocycles. The predicted molar refractivity (Wildman–Crippen MR) is 70.7 cm³/mol. The third-order valence-electron chi connectivity index (χ3n) is 2.24. The monoisotopic (exact) mass is 261 g/mol. The van der Waals surface area contributed by atoms with Crippen LogP contribution in [0.15, 0.2) is 12.1 Å². The summed E-state index contributed by atoms with van der Waals surface area (Å²) >= 11 is 0. The van der Waals surface area contributed by atoms with Gasteiger partial charge in [-0.25, -0.2) is 0 Å². The van der Waals surface area contributed by atoms with E-state index in [0.29, 0.717) is 30.4 Å². The van der Waals surface area contributed by atoms with Crippen LogP contribution in [0, 0.1) is 0 Å². The van der Waals surface area contributed by atoms with Crippen LogP contribution in [0.1, 0.15) is 12.5 Å². The van der Waals surface area contributed by atoms with Gasteiger partial charge in [0.05, 0.1) is 20.8 Å². The Bertz CT molecular complexity index is 320. The van der Waals surface area contributed by atoms with Gasteiger partial charge in [0.2, 0.25) is 5.75 Å². The van der Waals surface area contributed by atoms with Gasteiger partial charge in [-0.05, 0) is 37.6 Å². The average molecular weight is 262 g/mol. The predicted octanol–water partition coefficient (Wildman–Crippen LogP) is 2.03. The Morgan fingerprint density at radius 3 is 2.00 bits per heavy atom. The normalized spacial score (nSPS) is 9.41. The summed E-state index contributed by atoms with van der Waals surface area (Å²) in [7, 11) is 3.23. The summed E-state index contributed by atoms with van der Waals surface area (Å²) in [6, 6.07) is 3.86. The molecule has 0 amide bonds. The Balaban J connectivity index is 0.00000256. The van der Waals surface area contributed by atoms with Gasteiger partial charge >= 0.3 is 0 Å². The van der Waals surface area contributed by atoms with Gasteiger partial charge in [0.15, 0.2) is 11.5 Å². The molecule has 5 heteroatoms. The molecular formula is C12H20ClNO3. The summed E-state index contributed by atoms with van der Waals surface area (Å²) in [6.45, 7) is 3.09. The molecule has 0 heterocycles. The fraction of sp³-hybridized carbons (Fsp3) is 0.500. The molecule has 1 aromatic carbocycles. The Morgan fingerprint density at radius 1 is 1.12 bits per heavy atom. The first-order valence-corrected chi connectivity index (χ1v) is 5.34. The minimum atomic E-state index is 0. The van der Waals surface area contributed by atoms with Crippen molar-refractivity contribution in [1.82, 2.24) is 0 Å². The summed E-state index contributed by atoms with van der Waals surface area (Å²) in [6.07, 6.45) is 0.791. The van der Waals surface area contributed by atoms with Crippen molar-refractivity contribution in [1.29, 1.82) is 0 Å². The fourth-order valence-electron chi connectivity index (χ4n) is 1.53. The molecule has 0 aliphatic rings. The summed E-state index contributed by atoms with van der Waals surface area (Å²) in [5.41, 5.74) is 6.61. The number of benzene rings is 1. The highest BCUT2D eigenvalue weighted by Crippen LogP contribution is 2.38. The van der Waals surface area contributed by atoms with Crippen molar-refractivity contribution >= 4 is 12.4 Å². The number of hydrogen-bond donors (Lipinski definition) is 1. The quantitative estimate of drug-likeness (QED) is 0.851. The summed E-state index contributed by atoms with van der Waals surface area (Å²) < 4.78 is 16.1. The number of nitrogens with two attached hydrogens (primary N) is 1. The highest BCUT2D eigenvalue weighted by atomic mass is 35.5. The van der Waals surface area contributed by atoms with Crippen LogP contribution in [-0.4, -0.2) is 27.4 Å². The zero-order chi connectivity index (χ0) is 12.0. The van der Waals surface area contributed by atoms with E-state index < -0.39 is 0 Å². The van der Waals surface area contributed by atoms with Gasteiger partial charge in [0.25, 0.3) is 0 Å². The SMILES string of the molecule is CCOc1c(OC)cc(CCN)cc1OC.Cl. The third-order valence-corrected chi connectivity index (χ3v) is 2.24. The maximum Gasteiger partial charge on any atom is 0.203 e. The Kier molecular flexibility index (Phi) is 7.50. The van der Waals surface area contributed by atoms with Gasteiger partial charge in [-0.3, -0.25) is 0 Å². The first-order valence-electron chi connectivity index (χ1n) is 5.34. The third kappa shape index (κ3) is 3.98. The lowest BCUT2D eigenvalue weighted by molar-refractivity contribution is 0.288. The number of ether oxygens (including phenoxy) is 3. The maximum absolute atomic E-state index is 5.53. The largest absolute Gasteiger partial charge is 0.493 e. The molecule has 0 aromatic heterocycles. The van der Waals surface area contributed by atoms with Crippen LogP contribution < -0.4 is 19.9 Å². The topological polar surface area (TPSA) is 53.7 Å². The molecule has 0 spiro atoms. The maximum atomic E-state index is 5.53. The van der Waals surface area contributed by atoms with Crippen molar-refractivity contribution in [2.75, 3.05) is 27.4 Å². The zero-order valence-corrected chi connectivity index (χ0v) is 11.3. The van der Waals surface area contributed by atoms with Crippen molar-refractivity contribution in [2.24, 2.45) is 5.73 Å². The van der Waals surface area contributed by atoms with Crippen molar-refractivity contribution in [3.05, 3.63) is 17.7 Å². The molecule has 98 valence electrons. The first kappa shape index (κ1) is 15.9. The molecular weight excluding hydrogens is 242 g/mol. The molecule has 0 atom stereocenters. The fourth-order valence-corrected chi connectivity index (χ4v) is 1.53. The van der Waals surface area contributed by atoms with Crippen LogP contribution >= 0.6 is 12.4 Å². The van der Waals surface area contributed by atoms with E-state index in [0.717, 1.165) is 12.0 Å². The molecule has 1 rings (SSSR count). The molecule has 4 nitrogen and oxygen atoms in total. The van der Waals surface area contributed by atoms with Crippen LogP contribution in [0.4, 0.5) is 0 Å². The van der Waals surface area contributed by atoms with Crippen LogP contribution in [0.5, 0.6) is 17.2 Å². The lowest BCUT2D eigenvalue weighted by Crippen LogP contribution is -2.05. The van der Waals surface area contributed by atoms with Gasteiger partial charge in [-0.2, -0.15) is 0 Å². The smallest absolute Gasteiger partial charge is 0.203 e. The van der Waals surface area contributed by atoms with Crippen molar-refractivity contribution < 1.29 is 14.2 Å². The molecule has 0 saturated carbocycles. The van der Waals surface area contributed by atoms with E-state index in [9.17, 15) is 0 Å². The van der Waals surface area contributed by atoms with E-state index in [1.807, 2.05) is 19.1 Å². The average Bonchev–Trinajstić information content (AvgIpc) is 2.31. The minimum absolute atomic E-state index is 0. The van der Waals surface area contributed by atoms with Crippen molar-refractivity contribution in [2.45, 2.75) is 13.3 Å². The Labute approximate surface area is 108 Å². The van der Waals surface area contributed by atoms with E-state index in [2.05, 4.69) is 0 Å². The molecule has 0 bridgehead atoms. The molecule has 2 N–H and O–H groups in total. The van der Waals surface area contributed by atoms with Crippen LogP contribution in [0.3, 0.4) is 0 Å². The van der Waals surface area contributed by atoms with Gasteiger partial charge in [0.1, 0.15) is 0 Å². The molecule has 0 aliphatic carbocycles. The highest BCUT2D eigenvalue weighted by Gasteiger charge is 2.13.